The zero-order valence-electron chi connectivity index (χ0n) is 12.9. The number of hydrogen-bond acceptors (Lipinski definition) is 5. The molecule has 1 aliphatic rings. The molecule has 0 saturated carbocycles. The monoisotopic (exact) mass is 305 g/mol. The third kappa shape index (κ3) is 3.34. The van der Waals surface area contributed by atoms with Crippen LogP contribution in [-0.2, 0) is 11.3 Å². The molecule has 0 atom stereocenters. The van der Waals surface area contributed by atoms with Crippen LogP contribution < -0.4 is 0 Å². The second kappa shape index (κ2) is 6.54. The van der Waals surface area contributed by atoms with Gasteiger partial charge in [0.15, 0.2) is 0 Å². The Kier molecular flexibility index (Phi) is 4.49. The van der Waals surface area contributed by atoms with Crippen LogP contribution in [0.5, 0.6) is 0 Å². The lowest BCUT2D eigenvalue weighted by molar-refractivity contribution is 0.0359. The van der Waals surface area contributed by atoms with Crippen LogP contribution >= 0.6 is 0 Å². The van der Waals surface area contributed by atoms with Crippen molar-refractivity contribution in [2.45, 2.75) is 32.4 Å². The zero-order chi connectivity index (χ0) is 15.5. The lowest BCUT2D eigenvalue weighted by Crippen LogP contribution is -2.36. The molecule has 0 unspecified atom stereocenters. The highest BCUT2D eigenvalue weighted by Gasteiger charge is 2.20. The van der Waals surface area contributed by atoms with Crippen LogP contribution in [0.4, 0.5) is 4.39 Å². The Balaban J connectivity index is 1.65. The van der Waals surface area contributed by atoms with Crippen molar-refractivity contribution in [3.05, 3.63) is 35.5 Å². The maximum Gasteiger partial charge on any atom is 0.241 e. The molecule has 22 heavy (non-hydrogen) atoms. The first-order chi connectivity index (χ1) is 10.7. The van der Waals surface area contributed by atoms with Crippen molar-refractivity contribution in [3.63, 3.8) is 0 Å². The molecule has 1 fully saturated rings. The van der Waals surface area contributed by atoms with E-state index in [0.29, 0.717) is 35.5 Å². The first-order valence-electron chi connectivity index (χ1n) is 7.50. The Labute approximate surface area is 129 Å². The third-order valence-electron chi connectivity index (χ3n) is 4.12. The molecule has 0 N–H and O–H groups in total. The molecular formula is C16H20FN3O2. The number of benzene rings is 1. The first kappa shape index (κ1) is 15.1. The number of likely N-dealkylation sites (tertiary alicyclic amines) is 1. The maximum atomic E-state index is 13.6. The summed E-state index contributed by atoms with van der Waals surface area (Å²) in [6.07, 6.45) is 2.38. The van der Waals surface area contributed by atoms with Crippen LogP contribution in [0, 0.1) is 12.7 Å². The van der Waals surface area contributed by atoms with Crippen LogP contribution in [0.3, 0.4) is 0 Å². The van der Waals surface area contributed by atoms with Gasteiger partial charge in [-0.25, -0.2) is 4.39 Å². The van der Waals surface area contributed by atoms with Gasteiger partial charge in [-0.3, -0.25) is 4.90 Å². The van der Waals surface area contributed by atoms with Crippen LogP contribution in [0.15, 0.2) is 22.7 Å². The lowest BCUT2D eigenvalue weighted by atomic mass is 10.1. The van der Waals surface area contributed by atoms with Crippen molar-refractivity contribution >= 4 is 0 Å². The molecule has 0 amide bonds. The molecule has 1 aromatic carbocycles. The number of halogens is 1. The number of rotatable bonds is 4. The van der Waals surface area contributed by atoms with Crippen molar-refractivity contribution in [1.29, 1.82) is 0 Å². The van der Waals surface area contributed by atoms with Gasteiger partial charge in [0.2, 0.25) is 11.7 Å². The van der Waals surface area contributed by atoms with Crippen LogP contribution in [0.2, 0.25) is 0 Å². The van der Waals surface area contributed by atoms with E-state index in [-0.39, 0.29) is 5.82 Å². The second-order valence-electron chi connectivity index (χ2n) is 5.69. The molecule has 1 aromatic heterocycles. The smallest absolute Gasteiger partial charge is 0.241 e. The van der Waals surface area contributed by atoms with E-state index in [4.69, 9.17) is 9.26 Å². The SMILES string of the molecule is COC1CCN(Cc2nc(-c3ccc(C)c(F)c3)no2)CC1. The minimum absolute atomic E-state index is 0.259. The predicted octanol–water partition coefficient (Wildman–Crippen LogP) is 2.79. The van der Waals surface area contributed by atoms with Crippen molar-refractivity contribution < 1.29 is 13.7 Å². The molecule has 2 aromatic rings. The van der Waals surface area contributed by atoms with Crippen molar-refractivity contribution in [1.82, 2.24) is 15.0 Å². The van der Waals surface area contributed by atoms with Gasteiger partial charge in [0, 0.05) is 25.8 Å². The summed E-state index contributed by atoms with van der Waals surface area (Å²) in [5.74, 6) is 0.734. The van der Waals surface area contributed by atoms with Gasteiger partial charge in [-0.2, -0.15) is 4.98 Å². The standard InChI is InChI=1S/C16H20FN3O2/c1-11-3-4-12(9-14(11)17)16-18-15(22-19-16)10-20-7-5-13(21-2)6-8-20/h3-4,9,13H,5-8,10H2,1-2H3. The Morgan fingerprint density at radius 3 is 2.82 bits per heavy atom. The van der Waals surface area contributed by atoms with Gasteiger partial charge in [0.05, 0.1) is 12.6 Å². The van der Waals surface area contributed by atoms with Gasteiger partial charge in [0.25, 0.3) is 0 Å². The average molecular weight is 305 g/mol. The maximum absolute atomic E-state index is 13.6. The van der Waals surface area contributed by atoms with E-state index in [9.17, 15) is 4.39 Å². The third-order valence-corrected chi connectivity index (χ3v) is 4.12. The van der Waals surface area contributed by atoms with Crippen LogP contribution in [-0.4, -0.2) is 41.3 Å². The highest BCUT2D eigenvalue weighted by atomic mass is 19.1. The minimum atomic E-state index is -0.259. The highest BCUT2D eigenvalue weighted by Crippen LogP contribution is 2.20. The lowest BCUT2D eigenvalue weighted by Gasteiger charge is -2.29. The van der Waals surface area contributed by atoms with Gasteiger partial charge in [-0.15, -0.1) is 0 Å². The predicted molar refractivity (Wildman–Crippen MR) is 79.7 cm³/mol. The summed E-state index contributed by atoms with van der Waals surface area (Å²) in [6, 6.07) is 4.96. The Morgan fingerprint density at radius 2 is 2.14 bits per heavy atom. The summed E-state index contributed by atoms with van der Waals surface area (Å²) in [7, 11) is 1.76. The minimum Gasteiger partial charge on any atom is -0.381 e. The number of ether oxygens (including phenoxy) is 1. The van der Waals surface area contributed by atoms with Crippen molar-refractivity contribution in [2.75, 3.05) is 20.2 Å². The normalized spacial score (nSPS) is 17.0. The molecular weight excluding hydrogens is 285 g/mol. The Bertz CT molecular complexity index is 636. The Hall–Kier alpha value is -1.79. The molecule has 2 heterocycles. The van der Waals surface area contributed by atoms with E-state index in [1.165, 1.54) is 6.07 Å². The molecule has 0 bridgehead atoms. The van der Waals surface area contributed by atoms with E-state index in [1.807, 2.05) is 0 Å². The quantitative estimate of drug-likeness (QED) is 0.869. The molecule has 3 rings (SSSR count). The number of hydrogen-bond donors (Lipinski definition) is 0. The molecule has 5 nitrogen and oxygen atoms in total. The number of aryl methyl sites for hydroxylation is 1. The number of piperidine rings is 1. The van der Waals surface area contributed by atoms with Gasteiger partial charge in [0.1, 0.15) is 5.82 Å². The zero-order valence-corrected chi connectivity index (χ0v) is 12.9. The van der Waals surface area contributed by atoms with E-state index >= 15 is 0 Å². The fourth-order valence-corrected chi connectivity index (χ4v) is 2.66. The summed E-state index contributed by atoms with van der Waals surface area (Å²) in [5, 5.41) is 3.95. The number of methoxy groups -OCH3 is 1. The van der Waals surface area contributed by atoms with Gasteiger partial charge in [-0.05, 0) is 31.4 Å². The van der Waals surface area contributed by atoms with Crippen molar-refractivity contribution in [2.24, 2.45) is 0 Å². The molecule has 1 saturated heterocycles. The van der Waals surface area contributed by atoms with E-state index in [1.54, 1.807) is 26.2 Å². The fourth-order valence-electron chi connectivity index (χ4n) is 2.66. The first-order valence-corrected chi connectivity index (χ1v) is 7.50. The van der Waals surface area contributed by atoms with Gasteiger partial charge >= 0.3 is 0 Å². The molecule has 118 valence electrons. The topological polar surface area (TPSA) is 51.4 Å². The summed E-state index contributed by atoms with van der Waals surface area (Å²) in [5.41, 5.74) is 1.24. The number of aromatic nitrogens is 2. The molecule has 1 aliphatic heterocycles. The fraction of sp³-hybridized carbons (Fsp3) is 0.500. The van der Waals surface area contributed by atoms with E-state index < -0.39 is 0 Å². The molecule has 6 heteroatoms. The summed E-state index contributed by atoms with van der Waals surface area (Å²) in [4.78, 5) is 6.63. The summed E-state index contributed by atoms with van der Waals surface area (Å²) >= 11 is 0. The highest BCUT2D eigenvalue weighted by molar-refractivity contribution is 5.54. The Morgan fingerprint density at radius 1 is 1.36 bits per heavy atom. The van der Waals surface area contributed by atoms with E-state index in [2.05, 4.69) is 15.0 Å². The largest absolute Gasteiger partial charge is 0.381 e. The van der Waals surface area contributed by atoms with Gasteiger partial charge in [-0.1, -0.05) is 17.3 Å². The van der Waals surface area contributed by atoms with E-state index in [0.717, 1.165) is 25.9 Å². The summed E-state index contributed by atoms with van der Waals surface area (Å²) in [6.45, 7) is 4.26. The molecule has 0 radical (unpaired) electrons. The van der Waals surface area contributed by atoms with Gasteiger partial charge < -0.3 is 9.26 Å². The van der Waals surface area contributed by atoms with Crippen LogP contribution in [0.1, 0.15) is 24.3 Å². The molecule has 0 spiro atoms. The summed E-state index contributed by atoms with van der Waals surface area (Å²) < 4.78 is 24.3. The second-order valence-corrected chi connectivity index (χ2v) is 5.69. The molecule has 0 aliphatic carbocycles. The average Bonchev–Trinajstić information content (AvgIpc) is 2.99. The number of nitrogens with zero attached hydrogens (tertiary/aromatic N) is 3. The van der Waals surface area contributed by atoms with Crippen molar-refractivity contribution in [3.8, 4) is 11.4 Å². The van der Waals surface area contributed by atoms with Crippen LogP contribution in [0.25, 0.3) is 11.4 Å².